The lowest BCUT2D eigenvalue weighted by atomic mass is 9.91. The van der Waals surface area contributed by atoms with Crippen LogP contribution in [0.3, 0.4) is 0 Å². The summed E-state index contributed by atoms with van der Waals surface area (Å²) in [5.41, 5.74) is 0.882. The van der Waals surface area contributed by atoms with Gasteiger partial charge in [-0.05, 0) is 43.5 Å². The minimum Gasteiger partial charge on any atom is -0.383 e. The SMILES string of the molecule is O=C(CN1CCC(C(O)C(F)(F)F)CC1)NCc1cccnc1. The summed E-state index contributed by atoms with van der Waals surface area (Å²) in [5.74, 6) is -0.964. The van der Waals surface area contributed by atoms with Crippen molar-refractivity contribution in [2.75, 3.05) is 19.6 Å². The first-order valence-corrected chi connectivity index (χ1v) is 7.49. The number of nitrogens with zero attached hydrogens (tertiary/aromatic N) is 2. The average Bonchev–Trinajstić information content (AvgIpc) is 2.53. The molecule has 1 fully saturated rings. The van der Waals surface area contributed by atoms with Gasteiger partial charge in [-0.3, -0.25) is 14.7 Å². The first kappa shape index (κ1) is 17.7. The first-order valence-electron chi connectivity index (χ1n) is 7.49. The molecule has 0 saturated carbocycles. The summed E-state index contributed by atoms with van der Waals surface area (Å²) in [6.07, 6.45) is -3.08. The van der Waals surface area contributed by atoms with Gasteiger partial charge in [-0.1, -0.05) is 6.07 Å². The molecular formula is C15H20F3N3O2. The van der Waals surface area contributed by atoms with E-state index in [-0.39, 0.29) is 25.3 Å². The third kappa shape index (κ3) is 5.47. The van der Waals surface area contributed by atoms with Crippen LogP contribution in [0.1, 0.15) is 18.4 Å². The van der Waals surface area contributed by atoms with Gasteiger partial charge in [-0.15, -0.1) is 0 Å². The van der Waals surface area contributed by atoms with Gasteiger partial charge in [-0.2, -0.15) is 13.2 Å². The van der Waals surface area contributed by atoms with Gasteiger partial charge in [0.05, 0.1) is 6.54 Å². The molecule has 2 rings (SSSR count). The second-order valence-corrected chi connectivity index (χ2v) is 5.74. The first-order chi connectivity index (χ1) is 10.9. The number of aromatic nitrogens is 1. The lowest BCUT2D eigenvalue weighted by Gasteiger charge is -2.34. The zero-order valence-corrected chi connectivity index (χ0v) is 12.6. The number of piperidine rings is 1. The summed E-state index contributed by atoms with van der Waals surface area (Å²) in [7, 11) is 0. The number of carbonyl (C=O) groups excluding carboxylic acids is 1. The van der Waals surface area contributed by atoms with Gasteiger partial charge in [0, 0.05) is 18.9 Å². The number of carbonyl (C=O) groups is 1. The number of rotatable bonds is 5. The van der Waals surface area contributed by atoms with Gasteiger partial charge in [-0.25, -0.2) is 0 Å². The fourth-order valence-corrected chi connectivity index (χ4v) is 2.66. The third-order valence-electron chi connectivity index (χ3n) is 3.99. The summed E-state index contributed by atoms with van der Waals surface area (Å²) in [4.78, 5) is 17.6. The van der Waals surface area contributed by atoms with Gasteiger partial charge in [0.1, 0.15) is 0 Å². The van der Waals surface area contributed by atoms with Gasteiger partial charge >= 0.3 is 6.18 Å². The van der Waals surface area contributed by atoms with Crippen LogP contribution in [0, 0.1) is 5.92 Å². The van der Waals surface area contributed by atoms with Crippen molar-refractivity contribution < 1.29 is 23.1 Å². The Morgan fingerprint density at radius 3 is 2.70 bits per heavy atom. The van der Waals surface area contributed by atoms with Gasteiger partial charge in [0.25, 0.3) is 0 Å². The Labute approximate surface area is 132 Å². The molecule has 0 radical (unpaired) electrons. The number of nitrogens with one attached hydrogen (secondary N) is 1. The smallest absolute Gasteiger partial charge is 0.383 e. The van der Waals surface area contributed by atoms with Crippen LogP contribution in [0.5, 0.6) is 0 Å². The number of alkyl halides is 3. The van der Waals surface area contributed by atoms with E-state index >= 15 is 0 Å². The van der Waals surface area contributed by atoms with E-state index in [1.54, 1.807) is 23.4 Å². The van der Waals surface area contributed by atoms with Crippen molar-refractivity contribution in [3.05, 3.63) is 30.1 Å². The Bertz CT molecular complexity index is 502. The second kappa shape index (κ2) is 7.74. The molecule has 5 nitrogen and oxygen atoms in total. The fourth-order valence-electron chi connectivity index (χ4n) is 2.66. The molecule has 0 aromatic carbocycles. The molecule has 1 unspecified atom stereocenters. The molecule has 2 N–H and O–H groups in total. The molecule has 1 aliphatic heterocycles. The maximum Gasteiger partial charge on any atom is 0.414 e. The Morgan fingerprint density at radius 1 is 1.43 bits per heavy atom. The third-order valence-corrected chi connectivity index (χ3v) is 3.99. The Kier molecular flexibility index (Phi) is 5.95. The zero-order valence-electron chi connectivity index (χ0n) is 12.6. The van der Waals surface area contributed by atoms with Crippen molar-refractivity contribution in [1.82, 2.24) is 15.2 Å². The molecular weight excluding hydrogens is 311 g/mol. The van der Waals surface area contributed by atoms with Crippen LogP contribution < -0.4 is 5.32 Å². The predicted octanol–water partition coefficient (Wildman–Crippen LogP) is 1.33. The van der Waals surface area contributed by atoms with E-state index in [1.807, 2.05) is 6.07 Å². The summed E-state index contributed by atoms with van der Waals surface area (Å²) in [6.45, 7) is 1.27. The van der Waals surface area contributed by atoms with Crippen LogP contribution in [0.4, 0.5) is 13.2 Å². The van der Waals surface area contributed by atoms with Crippen LogP contribution in [0.25, 0.3) is 0 Å². The van der Waals surface area contributed by atoms with Gasteiger partial charge in [0.2, 0.25) is 5.91 Å². The summed E-state index contributed by atoms with van der Waals surface area (Å²) in [5, 5.41) is 12.0. The van der Waals surface area contributed by atoms with Crippen molar-refractivity contribution in [3.63, 3.8) is 0 Å². The Morgan fingerprint density at radius 2 is 2.13 bits per heavy atom. The van der Waals surface area contributed by atoms with Gasteiger partial charge in [0.15, 0.2) is 6.10 Å². The summed E-state index contributed by atoms with van der Waals surface area (Å²) >= 11 is 0. The number of aliphatic hydroxyl groups is 1. The molecule has 0 spiro atoms. The predicted molar refractivity (Wildman–Crippen MR) is 77.3 cm³/mol. The van der Waals surface area contributed by atoms with E-state index in [1.165, 1.54) is 0 Å². The van der Waals surface area contributed by atoms with Crippen molar-refractivity contribution in [2.24, 2.45) is 5.92 Å². The lowest BCUT2D eigenvalue weighted by Crippen LogP contribution is -2.46. The highest BCUT2D eigenvalue weighted by Crippen LogP contribution is 2.31. The lowest BCUT2D eigenvalue weighted by molar-refractivity contribution is -0.223. The highest BCUT2D eigenvalue weighted by molar-refractivity contribution is 5.78. The molecule has 0 bridgehead atoms. The summed E-state index contributed by atoms with van der Waals surface area (Å²) < 4.78 is 37.4. The van der Waals surface area contributed by atoms with Crippen molar-refractivity contribution >= 4 is 5.91 Å². The van der Waals surface area contributed by atoms with Crippen LogP contribution in [-0.4, -0.2) is 52.8 Å². The second-order valence-electron chi connectivity index (χ2n) is 5.74. The quantitative estimate of drug-likeness (QED) is 0.854. The number of aliphatic hydroxyl groups excluding tert-OH is 1. The number of pyridine rings is 1. The summed E-state index contributed by atoms with van der Waals surface area (Å²) in [6, 6.07) is 3.62. The number of amides is 1. The van der Waals surface area contributed by atoms with Gasteiger partial charge < -0.3 is 10.4 Å². The van der Waals surface area contributed by atoms with Crippen LogP contribution in [0.15, 0.2) is 24.5 Å². The van der Waals surface area contributed by atoms with E-state index < -0.39 is 18.2 Å². The normalized spacial score (nSPS) is 18.6. The molecule has 1 saturated heterocycles. The van der Waals surface area contributed by atoms with Crippen LogP contribution >= 0.6 is 0 Å². The van der Waals surface area contributed by atoms with E-state index in [0.717, 1.165) is 5.56 Å². The maximum atomic E-state index is 12.5. The molecule has 1 atom stereocenters. The number of likely N-dealkylation sites (tertiary alicyclic amines) is 1. The molecule has 23 heavy (non-hydrogen) atoms. The van der Waals surface area contributed by atoms with Crippen molar-refractivity contribution in [3.8, 4) is 0 Å². The number of hydrogen-bond acceptors (Lipinski definition) is 4. The van der Waals surface area contributed by atoms with Crippen molar-refractivity contribution in [2.45, 2.75) is 31.7 Å². The van der Waals surface area contributed by atoms with E-state index in [2.05, 4.69) is 10.3 Å². The standard InChI is InChI=1S/C15H20F3N3O2/c16-15(17,18)14(23)12-3-6-21(7-4-12)10-13(22)20-9-11-2-1-5-19-8-11/h1-2,5,8,12,14,23H,3-4,6-7,9-10H2,(H,20,22). The van der Waals surface area contributed by atoms with Crippen LogP contribution in [0.2, 0.25) is 0 Å². The minimum atomic E-state index is -4.58. The topological polar surface area (TPSA) is 65.5 Å². The largest absolute Gasteiger partial charge is 0.414 e. The molecule has 128 valence electrons. The molecule has 1 amide bonds. The van der Waals surface area contributed by atoms with Crippen molar-refractivity contribution in [1.29, 1.82) is 0 Å². The highest BCUT2D eigenvalue weighted by Gasteiger charge is 2.44. The number of hydrogen-bond donors (Lipinski definition) is 2. The molecule has 2 heterocycles. The average molecular weight is 331 g/mol. The molecule has 1 aromatic rings. The Hall–Kier alpha value is -1.67. The minimum absolute atomic E-state index is 0.148. The van der Waals surface area contributed by atoms with E-state index in [9.17, 15) is 23.1 Å². The Balaban J connectivity index is 1.70. The molecule has 1 aromatic heterocycles. The van der Waals surface area contributed by atoms with E-state index in [4.69, 9.17) is 0 Å². The molecule has 0 aliphatic carbocycles. The maximum absolute atomic E-state index is 12.5. The monoisotopic (exact) mass is 331 g/mol. The highest BCUT2D eigenvalue weighted by atomic mass is 19.4. The zero-order chi connectivity index (χ0) is 16.9. The number of halogens is 3. The van der Waals surface area contributed by atoms with Crippen LogP contribution in [-0.2, 0) is 11.3 Å². The molecule has 1 aliphatic rings. The molecule has 8 heteroatoms. The van der Waals surface area contributed by atoms with E-state index in [0.29, 0.717) is 19.6 Å². The fraction of sp³-hybridized carbons (Fsp3) is 0.600.